The molecule has 3 N–H and O–H groups in total. The Morgan fingerprint density at radius 2 is 2.00 bits per heavy atom. The Hall–Kier alpha value is -3.28. The van der Waals surface area contributed by atoms with Crippen LogP contribution in [0.4, 0.5) is 0 Å². The second kappa shape index (κ2) is 6.32. The lowest BCUT2D eigenvalue weighted by atomic mass is 10.0. The molecule has 0 saturated heterocycles. The maximum absolute atomic E-state index is 12.6. The molecule has 0 aliphatic heterocycles. The van der Waals surface area contributed by atoms with E-state index in [0.717, 1.165) is 11.6 Å². The lowest BCUT2D eigenvalue weighted by Crippen LogP contribution is -2.05. The third kappa shape index (κ3) is 2.94. The number of fused-ring (bicyclic) bond motifs is 1. The molecule has 0 spiro atoms. The first kappa shape index (κ1) is 16.6. The van der Waals surface area contributed by atoms with Gasteiger partial charge in [0.15, 0.2) is 5.76 Å². The van der Waals surface area contributed by atoms with Crippen molar-refractivity contribution in [3.05, 3.63) is 58.0 Å². The highest BCUT2D eigenvalue weighted by molar-refractivity contribution is 5.91. The average Bonchev–Trinajstić information content (AvgIpc) is 2.57. The number of phenols is 2. The zero-order valence-corrected chi connectivity index (χ0v) is 13.8. The summed E-state index contributed by atoms with van der Waals surface area (Å²) in [6.45, 7) is 3.81. The standard InChI is InChI=1S/C19H17NO5/c1-10(2)5-6-12-13(21)8-14(22)15-16(23)17(24)18(25-19(12)15)11-4-3-7-20-9-11/h3-5,7-9,21-22,24H,6H2,1-2H3. The van der Waals surface area contributed by atoms with Crippen molar-refractivity contribution in [1.29, 1.82) is 0 Å². The van der Waals surface area contributed by atoms with E-state index in [2.05, 4.69) is 4.98 Å². The average molecular weight is 339 g/mol. The Kier molecular flexibility index (Phi) is 4.19. The predicted octanol–water partition coefficient (Wildman–Crippen LogP) is 3.48. The summed E-state index contributed by atoms with van der Waals surface area (Å²) in [6, 6.07) is 4.36. The summed E-state index contributed by atoms with van der Waals surface area (Å²) < 4.78 is 5.75. The number of pyridine rings is 1. The molecule has 2 aromatic heterocycles. The van der Waals surface area contributed by atoms with Gasteiger partial charge in [0, 0.05) is 29.6 Å². The molecule has 0 amide bonds. The Labute approximate surface area is 143 Å². The van der Waals surface area contributed by atoms with E-state index < -0.39 is 16.9 Å². The Balaban J connectivity index is 2.40. The number of nitrogens with zero attached hydrogens (tertiary/aromatic N) is 1. The SMILES string of the molecule is CC(C)=CCc1c(O)cc(O)c2c(=O)c(O)c(-c3cccnc3)oc12. The van der Waals surface area contributed by atoms with Crippen LogP contribution in [0.3, 0.4) is 0 Å². The van der Waals surface area contributed by atoms with Crippen molar-refractivity contribution in [2.24, 2.45) is 0 Å². The van der Waals surface area contributed by atoms with Crippen LogP contribution in [0.1, 0.15) is 19.4 Å². The smallest absolute Gasteiger partial charge is 0.238 e. The molecule has 0 atom stereocenters. The molecule has 2 heterocycles. The van der Waals surface area contributed by atoms with Gasteiger partial charge in [-0.2, -0.15) is 0 Å². The van der Waals surface area contributed by atoms with Gasteiger partial charge in [0.25, 0.3) is 0 Å². The lowest BCUT2D eigenvalue weighted by Gasteiger charge is -2.11. The first-order valence-corrected chi connectivity index (χ1v) is 7.67. The molecule has 0 aliphatic rings. The molecule has 0 radical (unpaired) electrons. The van der Waals surface area contributed by atoms with Gasteiger partial charge in [0.05, 0.1) is 0 Å². The van der Waals surface area contributed by atoms with Crippen LogP contribution < -0.4 is 5.43 Å². The van der Waals surface area contributed by atoms with E-state index >= 15 is 0 Å². The van der Waals surface area contributed by atoms with Gasteiger partial charge < -0.3 is 19.7 Å². The van der Waals surface area contributed by atoms with Gasteiger partial charge in [-0.15, -0.1) is 0 Å². The zero-order chi connectivity index (χ0) is 18.1. The van der Waals surface area contributed by atoms with Gasteiger partial charge in [0.1, 0.15) is 22.5 Å². The summed E-state index contributed by atoms with van der Waals surface area (Å²) >= 11 is 0. The van der Waals surface area contributed by atoms with Crippen molar-refractivity contribution < 1.29 is 19.7 Å². The Morgan fingerprint density at radius 3 is 2.64 bits per heavy atom. The summed E-state index contributed by atoms with van der Waals surface area (Å²) in [4.78, 5) is 16.5. The summed E-state index contributed by atoms with van der Waals surface area (Å²) in [6.07, 6.45) is 5.17. The van der Waals surface area contributed by atoms with Gasteiger partial charge in [-0.1, -0.05) is 11.6 Å². The minimum Gasteiger partial charge on any atom is -0.507 e. The molecule has 3 rings (SSSR count). The number of aromatic nitrogens is 1. The van der Waals surface area contributed by atoms with E-state index in [9.17, 15) is 20.1 Å². The zero-order valence-electron chi connectivity index (χ0n) is 13.8. The monoisotopic (exact) mass is 339 g/mol. The number of aromatic hydroxyl groups is 3. The van der Waals surface area contributed by atoms with Gasteiger partial charge >= 0.3 is 0 Å². The van der Waals surface area contributed by atoms with Crippen LogP contribution in [0.2, 0.25) is 0 Å². The topological polar surface area (TPSA) is 104 Å². The van der Waals surface area contributed by atoms with Crippen LogP contribution >= 0.6 is 0 Å². The maximum atomic E-state index is 12.6. The molecular weight excluding hydrogens is 322 g/mol. The van der Waals surface area contributed by atoms with Crippen molar-refractivity contribution in [2.45, 2.75) is 20.3 Å². The van der Waals surface area contributed by atoms with Crippen molar-refractivity contribution in [1.82, 2.24) is 4.98 Å². The molecule has 1 aromatic carbocycles. The van der Waals surface area contributed by atoms with E-state index in [1.807, 2.05) is 19.9 Å². The predicted molar refractivity (Wildman–Crippen MR) is 93.8 cm³/mol. The molecule has 0 bridgehead atoms. The van der Waals surface area contributed by atoms with Crippen LogP contribution in [-0.2, 0) is 6.42 Å². The normalized spacial score (nSPS) is 10.8. The molecule has 0 saturated carbocycles. The second-order valence-corrected chi connectivity index (χ2v) is 5.93. The summed E-state index contributed by atoms with van der Waals surface area (Å²) in [5.74, 6) is -1.31. The van der Waals surface area contributed by atoms with Crippen molar-refractivity contribution in [3.8, 4) is 28.6 Å². The number of phenolic OH excluding ortho intramolecular Hbond substituents is 2. The van der Waals surface area contributed by atoms with E-state index in [-0.39, 0.29) is 22.5 Å². The molecule has 25 heavy (non-hydrogen) atoms. The molecule has 0 fully saturated rings. The van der Waals surface area contributed by atoms with Gasteiger partial charge in [0.2, 0.25) is 11.2 Å². The second-order valence-electron chi connectivity index (χ2n) is 5.93. The molecule has 0 aliphatic carbocycles. The summed E-state index contributed by atoms with van der Waals surface area (Å²) in [5.41, 5.74) is 1.06. The Bertz CT molecular complexity index is 1030. The maximum Gasteiger partial charge on any atom is 0.238 e. The van der Waals surface area contributed by atoms with Gasteiger partial charge in [-0.05, 0) is 32.4 Å². The van der Waals surface area contributed by atoms with Gasteiger partial charge in [-0.3, -0.25) is 9.78 Å². The fourth-order valence-electron chi connectivity index (χ4n) is 2.57. The van der Waals surface area contributed by atoms with E-state index in [1.165, 1.54) is 6.20 Å². The van der Waals surface area contributed by atoms with Crippen LogP contribution in [0.25, 0.3) is 22.3 Å². The fraction of sp³-hybridized carbons (Fsp3) is 0.158. The first-order valence-electron chi connectivity index (χ1n) is 7.67. The molecular formula is C19H17NO5. The minimum atomic E-state index is -0.768. The molecule has 128 valence electrons. The van der Waals surface area contributed by atoms with Crippen molar-refractivity contribution in [2.75, 3.05) is 0 Å². The first-order chi connectivity index (χ1) is 11.9. The third-order valence-corrected chi connectivity index (χ3v) is 3.84. The van der Waals surface area contributed by atoms with E-state index in [0.29, 0.717) is 17.5 Å². The summed E-state index contributed by atoms with van der Waals surface area (Å²) in [5, 5.41) is 30.3. The van der Waals surface area contributed by atoms with Crippen LogP contribution in [0, 0.1) is 0 Å². The van der Waals surface area contributed by atoms with E-state index in [1.54, 1.807) is 18.3 Å². The highest BCUT2D eigenvalue weighted by Gasteiger charge is 2.22. The third-order valence-electron chi connectivity index (χ3n) is 3.84. The van der Waals surface area contributed by atoms with Crippen LogP contribution in [0.15, 0.2) is 51.5 Å². The minimum absolute atomic E-state index is 0.0386. The number of allylic oxidation sites excluding steroid dienone is 2. The molecule has 6 nitrogen and oxygen atoms in total. The van der Waals surface area contributed by atoms with Crippen molar-refractivity contribution >= 4 is 11.0 Å². The number of benzene rings is 1. The number of hydrogen-bond donors (Lipinski definition) is 3. The van der Waals surface area contributed by atoms with Crippen LogP contribution in [0.5, 0.6) is 17.2 Å². The van der Waals surface area contributed by atoms with Crippen LogP contribution in [-0.4, -0.2) is 20.3 Å². The molecule has 6 heteroatoms. The summed E-state index contributed by atoms with van der Waals surface area (Å²) in [7, 11) is 0. The molecule has 0 unspecified atom stereocenters. The number of hydrogen-bond acceptors (Lipinski definition) is 6. The fourth-order valence-corrected chi connectivity index (χ4v) is 2.57. The molecule has 3 aromatic rings. The van der Waals surface area contributed by atoms with E-state index in [4.69, 9.17) is 4.42 Å². The van der Waals surface area contributed by atoms with Crippen molar-refractivity contribution in [3.63, 3.8) is 0 Å². The quantitative estimate of drug-likeness (QED) is 0.631. The van der Waals surface area contributed by atoms with Gasteiger partial charge in [-0.25, -0.2) is 0 Å². The highest BCUT2D eigenvalue weighted by Crippen LogP contribution is 2.38. The number of rotatable bonds is 3. The lowest BCUT2D eigenvalue weighted by molar-refractivity contribution is 0.435. The highest BCUT2D eigenvalue weighted by atomic mass is 16.4. The largest absolute Gasteiger partial charge is 0.507 e. The Morgan fingerprint density at radius 1 is 1.24 bits per heavy atom.